The summed E-state index contributed by atoms with van der Waals surface area (Å²) in [4.78, 5) is 10.3. The smallest absolute Gasteiger partial charge is 0.249 e. The van der Waals surface area contributed by atoms with Crippen molar-refractivity contribution in [3.05, 3.63) is 61.9 Å². The summed E-state index contributed by atoms with van der Waals surface area (Å²) in [5.41, 5.74) is 0.737. The Bertz CT molecular complexity index is 677. The van der Waals surface area contributed by atoms with E-state index in [9.17, 15) is 10.1 Å². The Labute approximate surface area is 125 Å². The molecule has 20 heavy (non-hydrogen) atoms. The van der Waals surface area contributed by atoms with E-state index in [-0.39, 0.29) is 5.70 Å². The van der Waals surface area contributed by atoms with Gasteiger partial charge in [0.05, 0.1) is 16.0 Å². The Morgan fingerprint density at radius 2 is 2.10 bits per heavy atom. The first-order chi connectivity index (χ1) is 9.51. The van der Waals surface area contributed by atoms with Crippen LogP contribution in [0, 0.1) is 10.1 Å². The molecule has 0 bridgehead atoms. The van der Waals surface area contributed by atoms with Gasteiger partial charge in [0.2, 0.25) is 5.70 Å². The number of benzene rings is 1. The van der Waals surface area contributed by atoms with Crippen molar-refractivity contribution in [1.29, 1.82) is 0 Å². The molecule has 0 aliphatic heterocycles. The lowest BCUT2D eigenvalue weighted by atomic mass is 10.2. The molecule has 0 atom stereocenters. The molecule has 0 radical (unpaired) electrons. The largest absolute Gasteiger partial charge is 0.456 e. The summed E-state index contributed by atoms with van der Waals surface area (Å²) in [5.74, 6) is 0.923. The fourth-order valence-corrected chi connectivity index (χ4v) is 2.09. The Hall–Kier alpha value is -1.78. The van der Waals surface area contributed by atoms with Crippen molar-refractivity contribution in [2.24, 2.45) is 0 Å². The molecule has 1 aromatic carbocycles. The lowest BCUT2D eigenvalue weighted by Crippen LogP contribution is -1.95. The number of allylic oxidation sites excluding steroid dienone is 1. The van der Waals surface area contributed by atoms with E-state index in [0.717, 1.165) is 0 Å². The van der Waals surface area contributed by atoms with Gasteiger partial charge in [-0.05, 0) is 30.3 Å². The minimum atomic E-state index is -0.422. The fraction of sp³-hybridized carbons (Fsp3) is 0.143. The average Bonchev–Trinajstić information content (AvgIpc) is 2.86. The quantitative estimate of drug-likeness (QED) is 0.570. The highest BCUT2D eigenvalue weighted by molar-refractivity contribution is 6.35. The highest BCUT2D eigenvalue weighted by Crippen LogP contribution is 2.32. The molecule has 0 aliphatic carbocycles. The first-order valence-electron chi connectivity index (χ1n) is 5.91. The van der Waals surface area contributed by atoms with Crippen LogP contribution in [0.3, 0.4) is 0 Å². The maximum absolute atomic E-state index is 10.8. The van der Waals surface area contributed by atoms with Crippen LogP contribution < -0.4 is 0 Å². The zero-order valence-corrected chi connectivity index (χ0v) is 12.1. The highest BCUT2D eigenvalue weighted by atomic mass is 35.5. The number of rotatable bonds is 4. The maximum atomic E-state index is 10.8. The van der Waals surface area contributed by atoms with Crippen molar-refractivity contribution < 1.29 is 9.34 Å². The van der Waals surface area contributed by atoms with Crippen molar-refractivity contribution in [3.63, 3.8) is 0 Å². The number of nitro groups is 1. The Morgan fingerprint density at radius 3 is 2.75 bits per heavy atom. The van der Waals surface area contributed by atoms with Crippen LogP contribution in [0.4, 0.5) is 0 Å². The van der Waals surface area contributed by atoms with Gasteiger partial charge < -0.3 is 4.42 Å². The van der Waals surface area contributed by atoms with Crippen LogP contribution in [0.5, 0.6) is 0 Å². The molecule has 0 saturated carbocycles. The van der Waals surface area contributed by atoms with Crippen molar-refractivity contribution in [3.8, 4) is 11.3 Å². The normalized spacial score (nSPS) is 11.7. The molecule has 0 N–H and O–H groups in total. The Morgan fingerprint density at radius 1 is 1.35 bits per heavy atom. The average molecular weight is 312 g/mol. The Kier molecular flexibility index (Phi) is 4.47. The SMILES string of the molecule is CC/C(=C/c1ccc(-c2cc(Cl)ccc2Cl)o1)[N+](=O)[O-]. The van der Waals surface area contributed by atoms with E-state index in [0.29, 0.717) is 33.6 Å². The van der Waals surface area contributed by atoms with Gasteiger partial charge >= 0.3 is 0 Å². The summed E-state index contributed by atoms with van der Waals surface area (Å²) in [6.07, 6.45) is 1.73. The molecule has 6 heteroatoms. The van der Waals surface area contributed by atoms with Gasteiger partial charge in [-0.25, -0.2) is 0 Å². The highest BCUT2D eigenvalue weighted by Gasteiger charge is 2.12. The number of nitrogens with zero attached hydrogens (tertiary/aromatic N) is 1. The number of furan rings is 1. The van der Waals surface area contributed by atoms with Crippen LogP contribution in [-0.4, -0.2) is 4.92 Å². The first kappa shape index (κ1) is 14.6. The predicted octanol–water partition coefficient (Wildman–Crippen LogP) is 5.28. The third-order valence-electron chi connectivity index (χ3n) is 2.73. The molecule has 0 spiro atoms. The van der Waals surface area contributed by atoms with E-state index in [2.05, 4.69) is 0 Å². The van der Waals surface area contributed by atoms with E-state index in [4.69, 9.17) is 27.6 Å². The summed E-state index contributed by atoms with van der Waals surface area (Å²) in [6.45, 7) is 1.71. The molecule has 2 aromatic rings. The third-order valence-corrected chi connectivity index (χ3v) is 3.29. The van der Waals surface area contributed by atoms with Gasteiger partial charge in [-0.15, -0.1) is 0 Å². The molecule has 0 unspecified atom stereocenters. The van der Waals surface area contributed by atoms with Gasteiger partial charge in [0.1, 0.15) is 11.5 Å². The van der Waals surface area contributed by atoms with E-state index in [1.165, 1.54) is 6.08 Å². The zero-order chi connectivity index (χ0) is 14.7. The molecule has 1 aromatic heterocycles. The molecule has 0 amide bonds. The molecular weight excluding hydrogens is 301 g/mol. The van der Waals surface area contributed by atoms with Gasteiger partial charge in [0, 0.05) is 17.0 Å². The van der Waals surface area contributed by atoms with E-state index >= 15 is 0 Å². The summed E-state index contributed by atoms with van der Waals surface area (Å²) in [6, 6.07) is 8.40. The van der Waals surface area contributed by atoms with Crippen molar-refractivity contribution in [1.82, 2.24) is 0 Å². The summed E-state index contributed by atoms with van der Waals surface area (Å²) >= 11 is 12.0. The molecular formula is C14H11Cl2NO3. The molecule has 4 nitrogen and oxygen atoms in total. The fourth-order valence-electron chi connectivity index (χ4n) is 1.71. The van der Waals surface area contributed by atoms with Crippen LogP contribution in [0.1, 0.15) is 19.1 Å². The maximum Gasteiger partial charge on any atom is 0.249 e. The van der Waals surface area contributed by atoms with Crippen LogP contribution in [0.25, 0.3) is 17.4 Å². The van der Waals surface area contributed by atoms with Crippen molar-refractivity contribution in [2.75, 3.05) is 0 Å². The van der Waals surface area contributed by atoms with Crippen LogP contribution in [-0.2, 0) is 0 Å². The van der Waals surface area contributed by atoms with Gasteiger partial charge in [0.15, 0.2) is 0 Å². The molecule has 0 saturated heterocycles. The minimum Gasteiger partial charge on any atom is -0.456 e. The first-order valence-corrected chi connectivity index (χ1v) is 6.67. The van der Waals surface area contributed by atoms with E-state index < -0.39 is 4.92 Å². The third kappa shape index (κ3) is 3.21. The van der Waals surface area contributed by atoms with Crippen LogP contribution in [0.15, 0.2) is 40.4 Å². The molecule has 0 fully saturated rings. The predicted molar refractivity (Wildman–Crippen MR) is 79.4 cm³/mol. The lowest BCUT2D eigenvalue weighted by molar-refractivity contribution is -0.425. The second-order valence-corrected chi connectivity index (χ2v) is 4.92. The minimum absolute atomic E-state index is 0.0862. The van der Waals surface area contributed by atoms with Crippen molar-refractivity contribution >= 4 is 29.3 Å². The van der Waals surface area contributed by atoms with Crippen LogP contribution in [0.2, 0.25) is 10.0 Å². The monoisotopic (exact) mass is 311 g/mol. The standard InChI is InChI=1S/C14H11Cl2NO3/c1-2-10(17(18)19)8-11-4-6-14(20-11)12-7-9(15)3-5-13(12)16/h3-8H,2H2,1H3/b10-8-. The van der Waals surface area contributed by atoms with Gasteiger partial charge in [-0.1, -0.05) is 30.1 Å². The molecule has 2 rings (SSSR count). The topological polar surface area (TPSA) is 56.3 Å². The molecule has 104 valence electrons. The number of halogens is 2. The summed E-state index contributed by atoms with van der Waals surface area (Å²) < 4.78 is 5.56. The molecule has 1 heterocycles. The van der Waals surface area contributed by atoms with Crippen molar-refractivity contribution in [2.45, 2.75) is 13.3 Å². The van der Waals surface area contributed by atoms with Gasteiger partial charge in [-0.2, -0.15) is 0 Å². The summed E-state index contributed by atoms with van der Waals surface area (Å²) in [5, 5.41) is 11.8. The lowest BCUT2D eigenvalue weighted by Gasteiger charge is -2.01. The number of hydrogen-bond acceptors (Lipinski definition) is 3. The second kappa shape index (κ2) is 6.11. The second-order valence-electron chi connectivity index (χ2n) is 4.07. The van der Waals surface area contributed by atoms with Gasteiger partial charge in [0.25, 0.3) is 0 Å². The van der Waals surface area contributed by atoms with E-state index in [1.54, 1.807) is 37.3 Å². The zero-order valence-electron chi connectivity index (χ0n) is 10.6. The van der Waals surface area contributed by atoms with E-state index in [1.807, 2.05) is 0 Å². The van der Waals surface area contributed by atoms with Crippen LogP contribution >= 0.6 is 23.2 Å². The van der Waals surface area contributed by atoms with Gasteiger partial charge in [-0.3, -0.25) is 10.1 Å². The summed E-state index contributed by atoms with van der Waals surface area (Å²) in [7, 11) is 0. The Balaban J connectivity index is 2.38. The molecule has 0 aliphatic rings. The number of hydrogen-bond donors (Lipinski definition) is 0.